The van der Waals surface area contributed by atoms with Crippen molar-refractivity contribution in [2.75, 3.05) is 0 Å². The molecule has 0 saturated carbocycles. The molecule has 0 aliphatic carbocycles. The lowest BCUT2D eigenvalue weighted by Crippen LogP contribution is -2.43. The van der Waals surface area contributed by atoms with Gasteiger partial charge in [-0.1, -0.05) is 61.6 Å². The minimum absolute atomic E-state index is 0.311. The van der Waals surface area contributed by atoms with Gasteiger partial charge < -0.3 is 5.11 Å². The Morgan fingerprint density at radius 3 is 2.73 bits per heavy atom. The Labute approximate surface area is 139 Å². The minimum Gasteiger partial charge on any atom is -0.480 e. The molecule has 0 radical (unpaired) electrons. The molecular weight excluding hydrogens is 318 g/mol. The molecule has 1 aromatic carbocycles. The van der Waals surface area contributed by atoms with E-state index in [1.54, 1.807) is 6.08 Å². The Morgan fingerprint density at radius 1 is 1.45 bits per heavy atom. The molecule has 116 valence electrons. The number of amides is 1. The van der Waals surface area contributed by atoms with Crippen LogP contribution in [-0.4, -0.2) is 32.2 Å². The van der Waals surface area contributed by atoms with Crippen LogP contribution in [0.25, 0.3) is 6.08 Å². The molecule has 0 aromatic heterocycles. The third-order valence-corrected chi connectivity index (χ3v) is 4.79. The second kappa shape index (κ2) is 7.07. The zero-order valence-corrected chi connectivity index (χ0v) is 14.0. The fourth-order valence-corrected chi connectivity index (χ4v) is 3.62. The Kier molecular flexibility index (Phi) is 5.37. The highest BCUT2D eigenvalue weighted by atomic mass is 32.2. The van der Waals surface area contributed by atoms with E-state index in [1.165, 1.54) is 4.90 Å². The Hall–Kier alpha value is -1.66. The molecule has 4 nitrogen and oxygen atoms in total. The molecule has 1 heterocycles. The van der Waals surface area contributed by atoms with E-state index in [1.807, 2.05) is 38.1 Å². The minimum atomic E-state index is -1.02. The van der Waals surface area contributed by atoms with E-state index in [4.69, 9.17) is 12.2 Å². The standard InChI is InChI=1S/C16H17NO3S2/c1-3-6-12(15(19)20)17-14(18)13(22-16(17)21)9-11-8-5-4-7-10(11)2/h4-5,7-9,12H,3,6H2,1-2H3,(H,19,20). The molecule has 1 aromatic rings. The van der Waals surface area contributed by atoms with Crippen LogP contribution in [0.4, 0.5) is 0 Å². The maximum atomic E-state index is 12.5. The lowest BCUT2D eigenvalue weighted by Gasteiger charge is -2.22. The molecular formula is C16H17NO3S2. The van der Waals surface area contributed by atoms with Gasteiger partial charge in [0.2, 0.25) is 0 Å². The highest BCUT2D eigenvalue weighted by Crippen LogP contribution is 2.35. The summed E-state index contributed by atoms with van der Waals surface area (Å²) < 4.78 is 0.311. The van der Waals surface area contributed by atoms with Crippen LogP contribution in [0.1, 0.15) is 30.9 Å². The first-order valence-corrected chi connectivity index (χ1v) is 8.23. The van der Waals surface area contributed by atoms with Crippen molar-refractivity contribution in [1.29, 1.82) is 0 Å². The molecule has 1 aliphatic heterocycles. The van der Waals surface area contributed by atoms with Gasteiger partial charge in [0.15, 0.2) is 0 Å². The Bertz CT molecular complexity index is 655. The summed E-state index contributed by atoms with van der Waals surface area (Å²) in [6.07, 6.45) is 2.84. The predicted octanol–water partition coefficient (Wildman–Crippen LogP) is 3.45. The molecule has 1 fully saturated rings. The number of benzene rings is 1. The number of carboxylic acids is 1. The van der Waals surface area contributed by atoms with Crippen LogP contribution in [0.2, 0.25) is 0 Å². The fourth-order valence-electron chi connectivity index (χ4n) is 2.27. The SMILES string of the molecule is CCCC(C(=O)O)N1C(=O)C(=Cc2ccccc2C)SC1=S. The summed E-state index contributed by atoms with van der Waals surface area (Å²) in [6.45, 7) is 3.85. The summed E-state index contributed by atoms with van der Waals surface area (Å²) in [5.41, 5.74) is 1.99. The van der Waals surface area contributed by atoms with Crippen molar-refractivity contribution in [2.24, 2.45) is 0 Å². The van der Waals surface area contributed by atoms with Gasteiger partial charge in [0.05, 0.1) is 4.91 Å². The average Bonchev–Trinajstić information content (AvgIpc) is 2.73. The molecule has 22 heavy (non-hydrogen) atoms. The topological polar surface area (TPSA) is 57.6 Å². The number of aryl methyl sites for hydroxylation is 1. The lowest BCUT2D eigenvalue weighted by atomic mass is 10.1. The number of thioether (sulfide) groups is 1. The van der Waals surface area contributed by atoms with Gasteiger partial charge >= 0.3 is 5.97 Å². The van der Waals surface area contributed by atoms with E-state index >= 15 is 0 Å². The van der Waals surface area contributed by atoms with Gasteiger partial charge in [0, 0.05) is 0 Å². The van der Waals surface area contributed by atoms with Gasteiger partial charge in [0.25, 0.3) is 5.91 Å². The van der Waals surface area contributed by atoms with Crippen molar-refractivity contribution in [3.8, 4) is 0 Å². The molecule has 2 rings (SSSR count). The zero-order chi connectivity index (χ0) is 16.3. The van der Waals surface area contributed by atoms with Crippen LogP contribution in [-0.2, 0) is 9.59 Å². The predicted molar refractivity (Wildman–Crippen MR) is 92.5 cm³/mol. The number of aliphatic carboxylic acids is 1. The van der Waals surface area contributed by atoms with Gasteiger partial charge in [-0.3, -0.25) is 9.69 Å². The zero-order valence-electron chi connectivity index (χ0n) is 12.4. The first-order chi connectivity index (χ1) is 10.5. The third-order valence-electron chi connectivity index (χ3n) is 3.46. The van der Waals surface area contributed by atoms with Crippen molar-refractivity contribution in [1.82, 2.24) is 4.90 Å². The molecule has 6 heteroatoms. The van der Waals surface area contributed by atoms with E-state index in [-0.39, 0.29) is 5.91 Å². The average molecular weight is 335 g/mol. The van der Waals surface area contributed by atoms with E-state index in [2.05, 4.69) is 0 Å². The molecule has 1 unspecified atom stereocenters. The van der Waals surface area contributed by atoms with E-state index in [9.17, 15) is 14.7 Å². The second-order valence-corrected chi connectivity index (χ2v) is 6.73. The summed E-state index contributed by atoms with van der Waals surface area (Å²) in [5, 5.41) is 9.34. The van der Waals surface area contributed by atoms with E-state index in [0.29, 0.717) is 22.1 Å². The fraction of sp³-hybridized carbons (Fsp3) is 0.312. The summed E-state index contributed by atoms with van der Waals surface area (Å²) in [6, 6.07) is 6.82. The van der Waals surface area contributed by atoms with Crippen LogP contribution >= 0.6 is 24.0 Å². The van der Waals surface area contributed by atoms with Crippen molar-refractivity contribution in [3.05, 3.63) is 40.3 Å². The molecule has 1 amide bonds. The largest absolute Gasteiger partial charge is 0.480 e. The van der Waals surface area contributed by atoms with Crippen LogP contribution < -0.4 is 0 Å². The summed E-state index contributed by atoms with van der Waals surface area (Å²) in [7, 11) is 0. The Morgan fingerprint density at radius 2 is 2.14 bits per heavy atom. The van der Waals surface area contributed by atoms with Gasteiger partial charge in [-0.25, -0.2) is 4.79 Å². The van der Waals surface area contributed by atoms with E-state index in [0.717, 1.165) is 22.9 Å². The normalized spacial score (nSPS) is 18.1. The van der Waals surface area contributed by atoms with Crippen LogP contribution in [0.5, 0.6) is 0 Å². The summed E-state index contributed by atoms with van der Waals surface area (Å²) in [5.74, 6) is -1.34. The summed E-state index contributed by atoms with van der Waals surface area (Å²) >= 11 is 6.38. The smallest absolute Gasteiger partial charge is 0.326 e. The molecule has 1 aliphatic rings. The quantitative estimate of drug-likeness (QED) is 0.660. The molecule has 0 spiro atoms. The number of rotatable bonds is 5. The third kappa shape index (κ3) is 3.39. The first kappa shape index (κ1) is 16.7. The monoisotopic (exact) mass is 335 g/mol. The number of carbonyl (C=O) groups is 2. The van der Waals surface area contributed by atoms with Crippen molar-refractivity contribution >= 4 is 46.3 Å². The number of carboxylic acid groups (broad SMARTS) is 1. The van der Waals surface area contributed by atoms with Crippen molar-refractivity contribution in [2.45, 2.75) is 32.7 Å². The van der Waals surface area contributed by atoms with Gasteiger partial charge in [-0.05, 0) is 30.5 Å². The number of hydrogen-bond acceptors (Lipinski definition) is 4. The van der Waals surface area contributed by atoms with E-state index < -0.39 is 12.0 Å². The van der Waals surface area contributed by atoms with Crippen LogP contribution in [0.3, 0.4) is 0 Å². The maximum Gasteiger partial charge on any atom is 0.326 e. The van der Waals surface area contributed by atoms with Crippen LogP contribution in [0.15, 0.2) is 29.2 Å². The van der Waals surface area contributed by atoms with Gasteiger partial charge in [-0.2, -0.15) is 0 Å². The molecule has 0 bridgehead atoms. The van der Waals surface area contributed by atoms with Gasteiger partial charge in [0.1, 0.15) is 10.4 Å². The maximum absolute atomic E-state index is 12.5. The molecule has 1 N–H and O–H groups in total. The summed E-state index contributed by atoms with van der Waals surface area (Å²) in [4.78, 5) is 25.6. The number of hydrogen-bond donors (Lipinski definition) is 1. The molecule has 1 atom stereocenters. The van der Waals surface area contributed by atoms with Crippen molar-refractivity contribution < 1.29 is 14.7 Å². The van der Waals surface area contributed by atoms with Crippen molar-refractivity contribution in [3.63, 3.8) is 0 Å². The highest BCUT2D eigenvalue weighted by molar-refractivity contribution is 8.26. The number of nitrogens with zero attached hydrogens (tertiary/aromatic N) is 1. The lowest BCUT2D eigenvalue weighted by molar-refractivity contribution is -0.145. The van der Waals surface area contributed by atoms with Gasteiger partial charge in [-0.15, -0.1) is 0 Å². The highest BCUT2D eigenvalue weighted by Gasteiger charge is 2.39. The van der Waals surface area contributed by atoms with Crippen LogP contribution in [0, 0.1) is 6.92 Å². The second-order valence-electron chi connectivity index (χ2n) is 5.05. The number of carbonyl (C=O) groups excluding carboxylic acids is 1. The Balaban J connectivity index is 2.32. The first-order valence-electron chi connectivity index (χ1n) is 7.01. The number of thiocarbonyl (C=S) groups is 1. The molecule has 1 saturated heterocycles.